The molecule has 0 saturated carbocycles. The van der Waals surface area contributed by atoms with Crippen molar-refractivity contribution in [3.05, 3.63) is 41.9 Å². The summed E-state index contributed by atoms with van der Waals surface area (Å²) in [6, 6.07) is 9.84. The molecule has 1 atom stereocenters. The largest absolute Gasteiger partial charge is 0.372 e. The number of benzene rings is 1. The molecule has 2 rings (SSSR count). The zero-order valence-electron chi connectivity index (χ0n) is 16.3. The highest BCUT2D eigenvalue weighted by molar-refractivity contribution is 6.03. The molecule has 0 spiro atoms. The number of nitrogens with one attached hydrogen (secondary N) is 2. The quantitative estimate of drug-likeness (QED) is 0.746. The van der Waals surface area contributed by atoms with Crippen LogP contribution < -0.4 is 15.5 Å². The number of hydrogen-bond acceptors (Lipinski definition) is 5. The van der Waals surface area contributed by atoms with Gasteiger partial charge in [-0.2, -0.15) is 0 Å². The van der Waals surface area contributed by atoms with Crippen LogP contribution >= 0.6 is 0 Å². The lowest BCUT2D eigenvalue weighted by molar-refractivity contribution is 0.102. The van der Waals surface area contributed by atoms with Gasteiger partial charge in [0.1, 0.15) is 17.3 Å². The van der Waals surface area contributed by atoms with Crippen LogP contribution in [0.4, 0.5) is 17.2 Å². The molecule has 1 unspecified atom stereocenters. The van der Waals surface area contributed by atoms with Crippen molar-refractivity contribution in [2.75, 3.05) is 28.6 Å². The van der Waals surface area contributed by atoms with Gasteiger partial charge in [0.15, 0.2) is 0 Å². The van der Waals surface area contributed by atoms with Crippen molar-refractivity contribution in [3.8, 4) is 0 Å². The maximum atomic E-state index is 12.6. The summed E-state index contributed by atoms with van der Waals surface area (Å²) in [6.45, 7) is 12.1. The number of carbonyl (C=O) groups is 1. The van der Waals surface area contributed by atoms with E-state index in [0.29, 0.717) is 17.3 Å². The summed E-state index contributed by atoms with van der Waals surface area (Å²) in [4.78, 5) is 23.4. The Hall–Kier alpha value is -2.63. The Bertz CT molecular complexity index is 725. The lowest BCUT2D eigenvalue weighted by Gasteiger charge is -2.21. The Morgan fingerprint density at radius 1 is 1.12 bits per heavy atom. The molecule has 0 aliphatic heterocycles. The van der Waals surface area contributed by atoms with Crippen LogP contribution in [0.1, 0.15) is 50.4 Å². The van der Waals surface area contributed by atoms with Crippen LogP contribution in [0, 0.1) is 6.92 Å². The molecule has 2 N–H and O–H groups in total. The molecule has 1 heterocycles. The molecule has 140 valence electrons. The number of aryl methyl sites for hydroxylation is 1. The second-order valence-electron chi connectivity index (χ2n) is 6.31. The summed E-state index contributed by atoms with van der Waals surface area (Å²) in [5.41, 5.74) is 2.25. The molecular weight excluding hydrogens is 326 g/mol. The van der Waals surface area contributed by atoms with Gasteiger partial charge in [0, 0.05) is 36.6 Å². The third-order valence-electron chi connectivity index (χ3n) is 4.33. The minimum atomic E-state index is -0.238. The lowest BCUT2D eigenvalue weighted by atomic mass is 10.2. The highest BCUT2D eigenvalue weighted by Gasteiger charge is 2.12. The predicted molar refractivity (Wildman–Crippen MR) is 108 cm³/mol. The smallest absolute Gasteiger partial charge is 0.274 e. The summed E-state index contributed by atoms with van der Waals surface area (Å²) in [7, 11) is 0. The van der Waals surface area contributed by atoms with Gasteiger partial charge in [-0.25, -0.2) is 9.97 Å². The number of carbonyl (C=O) groups excluding carboxylic acids is 1. The summed E-state index contributed by atoms with van der Waals surface area (Å²) < 4.78 is 0. The second kappa shape index (κ2) is 9.17. The van der Waals surface area contributed by atoms with E-state index in [1.807, 2.05) is 24.3 Å². The van der Waals surface area contributed by atoms with E-state index < -0.39 is 0 Å². The van der Waals surface area contributed by atoms with E-state index in [1.54, 1.807) is 13.0 Å². The number of amides is 1. The Balaban J connectivity index is 2.12. The third kappa shape index (κ3) is 5.18. The lowest BCUT2D eigenvalue weighted by Crippen LogP contribution is -2.21. The van der Waals surface area contributed by atoms with E-state index in [9.17, 15) is 4.79 Å². The maximum Gasteiger partial charge on any atom is 0.274 e. The van der Waals surface area contributed by atoms with Crippen molar-refractivity contribution in [2.24, 2.45) is 0 Å². The van der Waals surface area contributed by atoms with Gasteiger partial charge < -0.3 is 15.5 Å². The van der Waals surface area contributed by atoms with E-state index in [1.165, 1.54) is 0 Å². The van der Waals surface area contributed by atoms with Crippen LogP contribution in [0.2, 0.25) is 0 Å². The van der Waals surface area contributed by atoms with Crippen molar-refractivity contribution in [1.29, 1.82) is 0 Å². The van der Waals surface area contributed by atoms with Crippen molar-refractivity contribution >= 4 is 23.1 Å². The highest BCUT2D eigenvalue weighted by atomic mass is 16.1. The van der Waals surface area contributed by atoms with Crippen molar-refractivity contribution in [3.63, 3.8) is 0 Å². The molecular formula is C20H29N5O. The molecule has 0 aliphatic rings. The molecule has 0 fully saturated rings. The molecule has 1 amide bonds. The molecule has 1 aromatic heterocycles. The Morgan fingerprint density at radius 3 is 2.35 bits per heavy atom. The van der Waals surface area contributed by atoms with Gasteiger partial charge in [0.2, 0.25) is 0 Å². The summed E-state index contributed by atoms with van der Waals surface area (Å²) in [5, 5.41) is 6.19. The van der Waals surface area contributed by atoms with E-state index in [0.717, 1.165) is 30.9 Å². The molecule has 1 aromatic carbocycles. The Kier molecular flexibility index (Phi) is 6.95. The number of hydrogen-bond donors (Lipinski definition) is 2. The van der Waals surface area contributed by atoms with E-state index in [-0.39, 0.29) is 11.9 Å². The van der Waals surface area contributed by atoms with Crippen molar-refractivity contribution < 1.29 is 4.79 Å². The van der Waals surface area contributed by atoms with Crippen LogP contribution in [0.3, 0.4) is 0 Å². The molecule has 6 nitrogen and oxygen atoms in total. The molecule has 0 bridgehead atoms. The molecule has 0 aliphatic carbocycles. The summed E-state index contributed by atoms with van der Waals surface area (Å²) in [5.74, 6) is 1.01. The first-order valence-corrected chi connectivity index (χ1v) is 9.25. The summed E-state index contributed by atoms with van der Waals surface area (Å²) >= 11 is 0. The van der Waals surface area contributed by atoms with Gasteiger partial charge in [0.05, 0.1) is 0 Å². The normalized spacial score (nSPS) is 11.7. The molecule has 26 heavy (non-hydrogen) atoms. The van der Waals surface area contributed by atoms with Gasteiger partial charge in [-0.15, -0.1) is 0 Å². The monoisotopic (exact) mass is 355 g/mol. The predicted octanol–water partition coefficient (Wildman–Crippen LogP) is 4.09. The van der Waals surface area contributed by atoms with Gasteiger partial charge >= 0.3 is 0 Å². The fraction of sp³-hybridized carbons (Fsp3) is 0.450. The van der Waals surface area contributed by atoms with Gasteiger partial charge in [-0.05, 0) is 58.4 Å². The van der Waals surface area contributed by atoms with Gasteiger partial charge in [0.25, 0.3) is 5.91 Å². The number of aromatic nitrogens is 2. The van der Waals surface area contributed by atoms with Crippen molar-refractivity contribution in [1.82, 2.24) is 9.97 Å². The average Bonchev–Trinajstić information content (AvgIpc) is 2.63. The van der Waals surface area contributed by atoms with Crippen LogP contribution in [0.5, 0.6) is 0 Å². The summed E-state index contributed by atoms with van der Waals surface area (Å²) in [6.07, 6.45) is 0.976. The minimum Gasteiger partial charge on any atom is -0.372 e. The van der Waals surface area contributed by atoms with Crippen LogP contribution in [0.25, 0.3) is 0 Å². The minimum absolute atomic E-state index is 0.238. The Labute approximate surface area is 156 Å². The van der Waals surface area contributed by atoms with E-state index in [2.05, 4.69) is 53.2 Å². The fourth-order valence-electron chi connectivity index (χ4n) is 2.65. The molecule has 2 aromatic rings. The zero-order valence-corrected chi connectivity index (χ0v) is 16.3. The SMILES string of the molecule is CCC(C)Nc1cc(C(=O)Nc2ccc(N(CC)CC)cc2)nc(C)n1. The van der Waals surface area contributed by atoms with Gasteiger partial charge in [-0.3, -0.25) is 4.79 Å². The zero-order chi connectivity index (χ0) is 19.1. The van der Waals surface area contributed by atoms with Gasteiger partial charge in [-0.1, -0.05) is 6.92 Å². The van der Waals surface area contributed by atoms with Crippen LogP contribution in [0.15, 0.2) is 30.3 Å². The third-order valence-corrected chi connectivity index (χ3v) is 4.33. The topological polar surface area (TPSA) is 70.2 Å². The number of rotatable bonds is 8. The second-order valence-corrected chi connectivity index (χ2v) is 6.31. The number of nitrogens with zero attached hydrogens (tertiary/aromatic N) is 3. The van der Waals surface area contributed by atoms with E-state index >= 15 is 0 Å². The number of anilines is 3. The first-order chi connectivity index (χ1) is 12.5. The van der Waals surface area contributed by atoms with Crippen molar-refractivity contribution in [2.45, 2.75) is 47.1 Å². The average molecular weight is 355 g/mol. The molecule has 0 radical (unpaired) electrons. The Morgan fingerprint density at radius 2 is 1.77 bits per heavy atom. The first kappa shape index (κ1) is 19.7. The molecule has 0 saturated heterocycles. The van der Waals surface area contributed by atoms with Crippen LogP contribution in [-0.2, 0) is 0 Å². The van der Waals surface area contributed by atoms with E-state index in [4.69, 9.17) is 0 Å². The fourth-order valence-corrected chi connectivity index (χ4v) is 2.65. The maximum absolute atomic E-state index is 12.6. The highest BCUT2D eigenvalue weighted by Crippen LogP contribution is 2.18. The molecule has 6 heteroatoms. The van der Waals surface area contributed by atoms with Crippen LogP contribution in [-0.4, -0.2) is 35.0 Å². The first-order valence-electron chi connectivity index (χ1n) is 9.25. The standard InChI is InChI=1S/C20H29N5O/c1-6-14(4)21-19-13-18(22-15(5)23-19)20(26)24-16-9-11-17(12-10-16)25(7-2)8-3/h9-14H,6-8H2,1-5H3,(H,24,26)(H,21,22,23).